The monoisotopic (exact) mass is 373 g/mol. The molecule has 1 aliphatic heterocycles. The van der Waals surface area contributed by atoms with Crippen molar-refractivity contribution in [1.82, 2.24) is 29.0 Å². The SMILES string of the molecule is CCNS(=O)(=O)NC[C@H]1O[C@@H](n2cnc3c(N)ncnc32)[C@H](O)[C@@H]1O. The van der Waals surface area contributed by atoms with E-state index in [9.17, 15) is 18.6 Å². The fraction of sp³-hybridized carbons (Fsp3) is 0.583. The van der Waals surface area contributed by atoms with Gasteiger partial charge in [0.1, 0.15) is 30.2 Å². The number of nitrogens with one attached hydrogen (secondary N) is 2. The molecular formula is C12H19N7O5S. The molecule has 12 nitrogen and oxygen atoms in total. The third-order valence-electron chi connectivity index (χ3n) is 3.81. The summed E-state index contributed by atoms with van der Waals surface area (Å²) in [5, 5.41) is 20.4. The van der Waals surface area contributed by atoms with Crippen molar-refractivity contribution >= 4 is 27.2 Å². The van der Waals surface area contributed by atoms with E-state index in [1.807, 2.05) is 0 Å². The number of aliphatic hydroxyl groups is 2. The van der Waals surface area contributed by atoms with Crippen LogP contribution in [0.3, 0.4) is 0 Å². The zero-order valence-corrected chi connectivity index (χ0v) is 14.1. The molecule has 3 rings (SSSR count). The molecule has 0 aliphatic carbocycles. The highest BCUT2D eigenvalue weighted by atomic mass is 32.2. The van der Waals surface area contributed by atoms with Crippen molar-refractivity contribution in [3.05, 3.63) is 12.7 Å². The first-order valence-corrected chi connectivity index (χ1v) is 9.01. The molecule has 4 atom stereocenters. The number of imidazole rings is 1. The number of aromatic nitrogens is 4. The standard InChI is InChI=1S/C12H19N7O5S/c1-2-17-25(22,23)18-3-6-8(20)9(21)12(24-6)19-5-16-7-10(13)14-4-15-11(7)19/h4-6,8-9,12,17-18,20-21H,2-3H2,1H3,(H2,13,14,15)/t6-,8-,9-,12-/m1/s1. The van der Waals surface area contributed by atoms with Crippen molar-refractivity contribution in [2.24, 2.45) is 0 Å². The zero-order chi connectivity index (χ0) is 18.2. The van der Waals surface area contributed by atoms with E-state index in [2.05, 4.69) is 24.4 Å². The number of hydrogen-bond acceptors (Lipinski definition) is 9. The van der Waals surface area contributed by atoms with E-state index in [4.69, 9.17) is 10.5 Å². The van der Waals surface area contributed by atoms with E-state index in [0.29, 0.717) is 11.2 Å². The Kier molecular flexibility index (Phi) is 4.86. The van der Waals surface area contributed by atoms with Crippen LogP contribution in [0.1, 0.15) is 13.2 Å². The molecule has 3 heterocycles. The van der Waals surface area contributed by atoms with E-state index in [-0.39, 0.29) is 18.9 Å². The topological polar surface area (TPSA) is 178 Å². The van der Waals surface area contributed by atoms with Gasteiger partial charge in [-0.1, -0.05) is 6.92 Å². The highest BCUT2D eigenvalue weighted by Gasteiger charge is 2.44. The molecule has 6 N–H and O–H groups in total. The lowest BCUT2D eigenvalue weighted by Gasteiger charge is -2.16. The van der Waals surface area contributed by atoms with Gasteiger partial charge in [0.2, 0.25) is 0 Å². The second kappa shape index (κ2) is 6.78. The van der Waals surface area contributed by atoms with Crippen LogP contribution in [-0.2, 0) is 14.9 Å². The van der Waals surface area contributed by atoms with Crippen LogP contribution < -0.4 is 15.2 Å². The van der Waals surface area contributed by atoms with Crippen LogP contribution in [0.5, 0.6) is 0 Å². The first kappa shape index (κ1) is 17.9. The molecule has 0 aromatic carbocycles. The number of nitrogens with zero attached hydrogens (tertiary/aromatic N) is 4. The molecule has 0 amide bonds. The fourth-order valence-electron chi connectivity index (χ4n) is 2.62. The van der Waals surface area contributed by atoms with Gasteiger partial charge in [0, 0.05) is 13.1 Å². The van der Waals surface area contributed by atoms with Crippen LogP contribution in [0.4, 0.5) is 5.82 Å². The zero-order valence-electron chi connectivity index (χ0n) is 13.3. The van der Waals surface area contributed by atoms with E-state index in [1.165, 1.54) is 17.2 Å². The second-order valence-corrected chi connectivity index (χ2v) is 7.06. The minimum Gasteiger partial charge on any atom is -0.387 e. The molecule has 0 bridgehead atoms. The number of nitrogens with two attached hydrogens (primary N) is 1. The molecule has 1 fully saturated rings. The molecule has 13 heteroatoms. The lowest BCUT2D eigenvalue weighted by molar-refractivity contribution is -0.0330. The van der Waals surface area contributed by atoms with Gasteiger partial charge < -0.3 is 20.7 Å². The fourth-order valence-corrected chi connectivity index (χ4v) is 3.48. The van der Waals surface area contributed by atoms with E-state index < -0.39 is 34.7 Å². The van der Waals surface area contributed by atoms with Crippen LogP contribution in [0.15, 0.2) is 12.7 Å². The van der Waals surface area contributed by atoms with Crippen LogP contribution in [-0.4, -0.2) is 69.6 Å². The van der Waals surface area contributed by atoms with Crippen LogP contribution in [0.2, 0.25) is 0 Å². The molecule has 1 saturated heterocycles. The van der Waals surface area contributed by atoms with Gasteiger partial charge in [0.05, 0.1) is 6.33 Å². The number of rotatable bonds is 6. The third-order valence-corrected chi connectivity index (χ3v) is 5.02. The smallest absolute Gasteiger partial charge is 0.276 e. The highest BCUT2D eigenvalue weighted by molar-refractivity contribution is 7.87. The van der Waals surface area contributed by atoms with Crippen molar-refractivity contribution < 1.29 is 23.4 Å². The molecule has 25 heavy (non-hydrogen) atoms. The number of hydrogen-bond donors (Lipinski definition) is 5. The van der Waals surface area contributed by atoms with Gasteiger partial charge in [-0.05, 0) is 0 Å². The van der Waals surface area contributed by atoms with Gasteiger partial charge in [-0.3, -0.25) is 4.57 Å². The Hall–Kier alpha value is -1.90. The van der Waals surface area contributed by atoms with Crippen LogP contribution >= 0.6 is 0 Å². The average molecular weight is 373 g/mol. The molecular weight excluding hydrogens is 354 g/mol. The molecule has 138 valence electrons. The first-order valence-electron chi connectivity index (χ1n) is 7.53. The quantitative estimate of drug-likeness (QED) is 0.365. The Labute approximate surface area is 143 Å². The lowest BCUT2D eigenvalue weighted by atomic mass is 10.1. The number of ether oxygens (including phenoxy) is 1. The highest BCUT2D eigenvalue weighted by Crippen LogP contribution is 2.31. The summed E-state index contributed by atoms with van der Waals surface area (Å²) in [4.78, 5) is 12.0. The van der Waals surface area contributed by atoms with Crippen molar-refractivity contribution in [2.45, 2.75) is 31.5 Å². The van der Waals surface area contributed by atoms with E-state index >= 15 is 0 Å². The molecule has 0 radical (unpaired) electrons. The Balaban J connectivity index is 1.79. The van der Waals surface area contributed by atoms with Crippen LogP contribution in [0, 0.1) is 0 Å². The summed E-state index contributed by atoms with van der Waals surface area (Å²) in [5.41, 5.74) is 6.39. The largest absolute Gasteiger partial charge is 0.387 e. The maximum absolute atomic E-state index is 11.6. The Bertz CT molecular complexity index is 857. The molecule has 2 aromatic heterocycles. The van der Waals surface area contributed by atoms with E-state index in [1.54, 1.807) is 6.92 Å². The Morgan fingerprint density at radius 2 is 2.04 bits per heavy atom. The van der Waals surface area contributed by atoms with E-state index in [0.717, 1.165) is 0 Å². The van der Waals surface area contributed by atoms with Gasteiger partial charge in [0.15, 0.2) is 17.7 Å². The normalized spacial score (nSPS) is 27.2. The lowest BCUT2D eigenvalue weighted by Crippen LogP contribution is -2.44. The molecule has 0 unspecified atom stereocenters. The first-order chi connectivity index (χ1) is 11.8. The maximum atomic E-state index is 11.6. The predicted octanol–water partition coefficient (Wildman–Crippen LogP) is -2.53. The van der Waals surface area contributed by atoms with Gasteiger partial charge in [-0.2, -0.15) is 13.1 Å². The summed E-state index contributed by atoms with van der Waals surface area (Å²) < 4.78 is 34.8. The number of aliphatic hydroxyl groups excluding tert-OH is 2. The number of anilines is 1. The number of nitrogen functional groups attached to an aromatic ring is 1. The molecule has 1 aliphatic rings. The summed E-state index contributed by atoms with van der Waals surface area (Å²) in [6.07, 6.45) is -1.95. The van der Waals surface area contributed by atoms with Gasteiger partial charge in [-0.25, -0.2) is 19.7 Å². The van der Waals surface area contributed by atoms with Gasteiger partial charge in [0.25, 0.3) is 10.2 Å². The summed E-state index contributed by atoms with van der Waals surface area (Å²) in [6, 6.07) is 0. The molecule has 0 spiro atoms. The molecule has 0 saturated carbocycles. The van der Waals surface area contributed by atoms with Crippen molar-refractivity contribution in [1.29, 1.82) is 0 Å². The van der Waals surface area contributed by atoms with Gasteiger partial charge >= 0.3 is 0 Å². The van der Waals surface area contributed by atoms with Gasteiger partial charge in [-0.15, -0.1) is 0 Å². The Morgan fingerprint density at radius 1 is 1.28 bits per heavy atom. The second-order valence-electron chi connectivity index (χ2n) is 5.48. The van der Waals surface area contributed by atoms with Crippen LogP contribution in [0.25, 0.3) is 11.2 Å². The maximum Gasteiger partial charge on any atom is 0.276 e. The summed E-state index contributed by atoms with van der Waals surface area (Å²) in [5.74, 6) is 0.173. The summed E-state index contributed by atoms with van der Waals surface area (Å²) in [7, 11) is -3.70. The third kappa shape index (κ3) is 3.42. The Morgan fingerprint density at radius 3 is 2.76 bits per heavy atom. The van der Waals surface area contributed by atoms with Crippen molar-refractivity contribution in [3.8, 4) is 0 Å². The summed E-state index contributed by atoms with van der Waals surface area (Å²) in [6.45, 7) is 1.64. The average Bonchev–Trinajstić information content (AvgIpc) is 3.10. The minimum atomic E-state index is -3.70. The molecule has 2 aromatic rings. The van der Waals surface area contributed by atoms with Crippen molar-refractivity contribution in [3.63, 3.8) is 0 Å². The number of fused-ring (bicyclic) bond motifs is 1. The summed E-state index contributed by atoms with van der Waals surface area (Å²) >= 11 is 0. The predicted molar refractivity (Wildman–Crippen MR) is 86.3 cm³/mol. The minimum absolute atomic E-state index is 0.173. The van der Waals surface area contributed by atoms with Crippen molar-refractivity contribution in [2.75, 3.05) is 18.8 Å².